The first-order chi connectivity index (χ1) is 15.9. The van der Waals surface area contributed by atoms with Crippen molar-refractivity contribution in [2.75, 3.05) is 0 Å². The van der Waals surface area contributed by atoms with Gasteiger partial charge in [0.1, 0.15) is 11.6 Å². The summed E-state index contributed by atoms with van der Waals surface area (Å²) in [5, 5.41) is 22.2. The van der Waals surface area contributed by atoms with Gasteiger partial charge in [-0.3, -0.25) is 4.68 Å². The number of aromatic nitrogens is 6. The molecule has 0 radical (unpaired) electrons. The van der Waals surface area contributed by atoms with Gasteiger partial charge < -0.3 is 9.67 Å². The van der Waals surface area contributed by atoms with Crippen molar-refractivity contribution < 1.29 is 31.4 Å². The van der Waals surface area contributed by atoms with Gasteiger partial charge in [-0.1, -0.05) is 0 Å². The maximum atomic E-state index is 13.2. The van der Waals surface area contributed by atoms with Crippen molar-refractivity contribution in [3.05, 3.63) is 53.2 Å². The molecule has 7 nitrogen and oxygen atoms in total. The zero-order valence-electron chi connectivity index (χ0n) is 17.5. The molecule has 0 saturated carbocycles. The van der Waals surface area contributed by atoms with Gasteiger partial charge in [0.15, 0.2) is 5.65 Å². The lowest BCUT2D eigenvalue weighted by Crippen LogP contribution is -2.27. The molecular weight excluding hydrogens is 466 g/mol. The third-order valence-corrected chi connectivity index (χ3v) is 5.83. The van der Waals surface area contributed by atoms with Crippen LogP contribution in [0.3, 0.4) is 0 Å². The van der Waals surface area contributed by atoms with Crippen LogP contribution in [0.1, 0.15) is 35.2 Å². The second-order valence-electron chi connectivity index (χ2n) is 8.14. The molecule has 0 saturated heterocycles. The second-order valence-corrected chi connectivity index (χ2v) is 8.14. The fraction of sp³-hybridized carbons (Fsp3) is 0.333. The van der Waals surface area contributed by atoms with Crippen molar-refractivity contribution in [2.24, 2.45) is 0 Å². The zero-order chi connectivity index (χ0) is 24.4. The molecule has 4 heterocycles. The molecule has 13 heteroatoms. The average Bonchev–Trinajstić information content (AvgIpc) is 3.35. The van der Waals surface area contributed by atoms with E-state index in [1.807, 2.05) is 0 Å². The molecule has 1 aromatic carbocycles. The number of hydrogen-bond acceptors (Lipinski definition) is 5. The first kappa shape index (κ1) is 22.2. The number of alkyl halides is 6. The van der Waals surface area contributed by atoms with Gasteiger partial charge in [0.25, 0.3) is 0 Å². The van der Waals surface area contributed by atoms with Crippen molar-refractivity contribution in [1.82, 2.24) is 29.5 Å². The minimum atomic E-state index is -4.63. The predicted octanol–water partition coefficient (Wildman–Crippen LogP) is 4.93. The Morgan fingerprint density at radius 1 is 1.03 bits per heavy atom. The van der Waals surface area contributed by atoms with E-state index in [-0.39, 0.29) is 34.8 Å². The molecule has 1 atom stereocenters. The normalized spacial score (nSPS) is 16.7. The summed E-state index contributed by atoms with van der Waals surface area (Å²) in [5.41, 5.74) is -0.162. The third-order valence-electron chi connectivity index (χ3n) is 5.83. The minimum Gasteiger partial charge on any atom is -0.507 e. The Bertz CT molecular complexity index is 1380. The number of aromatic hydroxyl groups is 1. The summed E-state index contributed by atoms with van der Waals surface area (Å²) in [5.74, 6) is -1.36. The van der Waals surface area contributed by atoms with E-state index in [2.05, 4.69) is 20.3 Å². The fourth-order valence-electron chi connectivity index (χ4n) is 4.25. The van der Waals surface area contributed by atoms with Crippen LogP contribution in [0.25, 0.3) is 22.3 Å². The Morgan fingerprint density at radius 2 is 1.79 bits per heavy atom. The van der Waals surface area contributed by atoms with Gasteiger partial charge in [0.05, 0.1) is 17.3 Å². The first-order valence-electron chi connectivity index (χ1n) is 10.2. The van der Waals surface area contributed by atoms with Gasteiger partial charge >= 0.3 is 12.4 Å². The number of fused-ring (bicyclic) bond motifs is 2. The maximum absolute atomic E-state index is 13.2. The molecule has 3 aromatic heterocycles. The summed E-state index contributed by atoms with van der Waals surface area (Å²) >= 11 is 0. The summed E-state index contributed by atoms with van der Waals surface area (Å²) in [6, 6.07) is 4.36. The van der Waals surface area contributed by atoms with Gasteiger partial charge in [-0.2, -0.15) is 31.4 Å². The van der Waals surface area contributed by atoms with Crippen LogP contribution >= 0.6 is 0 Å². The van der Waals surface area contributed by atoms with Gasteiger partial charge in [-0.15, -0.1) is 10.2 Å². The summed E-state index contributed by atoms with van der Waals surface area (Å²) in [6.07, 6.45) is -6.79. The molecule has 1 N–H and O–H groups in total. The lowest BCUT2D eigenvalue weighted by molar-refractivity contribution is -0.148. The summed E-state index contributed by atoms with van der Waals surface area (Å²) in [6.45, 7) is 1.42. The molecule has 0 aliphatic carbocycles. The summed E-state index contributed by atoms with van der Waals surface area (Å²) < 4.78 is 81.3. The van der Waals surface area contributed by atoms with E-state index in [4.69, 9.17) is 0 Å². The molecule has 1 aliphatic heterocycles. The molecule has 1 aliphatic rings. The Morgan fingerprint density at radius 3 is 2.47 bits per heavy atom. The van der Waals surface area contributed by atoms with Crippen LogP contribution in [0, 0.1) is 6.92 Å². The van der Waals surface area contributed by atoms with Crippen LogP contribution in [0.15, 0.2) is 30.5 Å². The van der Waals surface area contributed by atoms with Crippen LogP contribution in [0.5, 0.6) is 5.75 Å². The number of aryl methyl sites for hydroxylation is 2. The molecule has 0 fully saturated rings. The van der Waals surface area contributed by atoms with Crippen molar-refractivity contribution >= 4 is 11.0 Å². The van der Waals surface area contributed by atoms with Crippen molar-refractivity contribution in [1.29, 1.82) is 0 Å². The Kier molecular flexibility index (Phi) is 4.85. The molecule has 0 unspecified atom stereocenters. The molecule has 4 aromatic rings. The van der Waals surface area contributed by atoms with Crippen molar-refractivity contribution in [2.45, 2.75) is 44.7 Å². The first-order valence-corrected chi connectivity index (χ1v) is 10.2. The van der Waals surface area contributed by atoms with E-state index >= 15 is 0 Å². The molecule has 0 spiro atoms. The van der Waals surface area contributed by atoms with Crippen LogP contribution in [0.2, 0.25) is 0 Å². The van der Waals surface area contributed by atoms with E-state index in [9.17, 15) is 31.4 Å². The number of halogens is 6. The molecule has 34 heavy (non-hydrogen) atoms. The highest BCUT2D eigenvalue weighted by Gasteiger charge is 2.40. The van der Waals surface area contributed by atoms with Gasteiger partial charge in [-0.05, 0) is 43.2 Å². The summed E-state index contributed by atoms with van der Waals surface area (Å²) in [4.78, 5) is 4.38. The Labute approximate surface area is 187 Å². The molecule has 5 rings (SSSR count). The number of rotatable bonds is 2. The van der Waals surface area contributed by atoms with Gasteiger partial charge in [0, 0.05) is 30.1 Å². The fourth-order valence-corrected chi connectivity index (χ4v) is 4.25. The standard InChI is InChI=1S/C21H16F6N6O/c1-10-6-12(20(22,23)24)7-15(34)17(10)14-4-2-11-8-33(31-18(11)28-14)13-3-5-16-29-30-19(21(25,26)27)32(16)9-13/h2,4,6-8,13,34H,3,5,9H2,1H3/t13-/m0/s1. The number of phenols is 1. The highest BCUT2D eigenvalue weighted by Crippen LogP contribution is 2.39. The number of hydrogen-bond donors (Lipinski definition) is 1. The smallest absolute Gasteiger partial charge is 0.451 e. The van der Waals surface area contributed by atoms with E-state index in [0.29, 0.717) is 24.3 Å². The number of pyridine rings is 1. The van der Waals surface area contributed by atoms with Crippen LogP contribution in [-0.4, -0.2) is 34.6 Å². The lowest BCUT2D eigenvalue weighted by Gasteiger charge is -2.24. The SMILES string of the molecule is Cc1cc(C(F)(F)F)cc(O)c1-c1ccc2cn([C@H]3CCc4nnc(C(F)(F)F)n4C3)nc2n1. The number of benzene rings is 1. The summed E-state index contributed by atoms with van der Waals surface area (Å²) in [7, 11) is 0. The topological polar surface area (TPSA) is 81.6 Å². The van der Waals surface area contributed by atoms with Gasteiger partial charge in [0.2, 0.25) is 5.82 Å². The number of nitrogens with zero attached hydrogens (tertiary/aromatic N) is 6. The van der Waals surface area contributed by atoms with Crippen LogP contribution in [-0.2, 0) is 25.3 Å². The highest BCUT2D eigenvalue weighted by molar-refractivity contribution is 5.80. The molecule has 178 valence electrons. The van der Waals surface area contributed by atoms with E-state index in [1.165, 1.54) is 11.6 Å². The Balaban J connectivity index is 1.49. The predicted molar refractivity (Wildman–Crippen MR) is 107 cm³/mol. The number of phenolic OH excluding ortho intramolecular Hbond substituents is 1. The van der Waals surface area contributed by atoms with E-state index < -0.39 is 35.5 Å². The highest BCUT2D eigenvalue weighted by atomic mass is 19.4. The van der Waals surface area contributed by atoms with Gasteiger partial charge in [-0.25, -0.2) is 4.98 Å². The minimum absolute atomic E-state index is 0.0170. The second kappa shape index (κ2) is 7.43. The quantitative estimate of drug-likeness (QED) is 0.410. The third kappa shape index (κ3) is 3.74. The van der Waals surface area contributed by atoms with Crippen LogP contribution < -0.4 is 0 Å². The van der Waals surface area contributed by atoms with Crippen molar-refractivity contribution in [3.8, 4) is 17.0 Å². The van der Waals surface area contributed by atoms with Crippen molar-refractivity contribution in [3.63, 3.8) is 0 Å². The maximum Gasteiger partial charge on any atom is 0.451 e. The molecule has 0 amide bonds. The van der Waals surface area contributed by atoms with E-state index in [0.717, 1.165) is 10.6 Å². The monoisotopic (exact) mass is 482 g/mol. The molecular formula is C21H16F6N6O. The lowest BCUT2D eigenvalue weighted by atomic mass is 10.00. The van der Waals surface area contributed by atoms with Crippen LogP contribution in [0.4, 0.5) is 26.3 Å². The zero-order valence-corrected chi connectivity index (χ0v) is 17.5. The Hall–Kier alpha value is -3.64. The van der Waals surface area contributed by atoms with E-state index in [1.54, 1.807) is 18.3 Å². The largest absolute Gasteiger partial charge is 0.507 e. The average molecular weight is 482 g/mol. The molecule has 0 bridgehead atoms.